The van der Waals surface area contributed by atoms with E-state index in [-0.39, 0.29) is 5.91 Å². The fourth-order valence-electron chi connectivity index (χ4n) is 3.08. The molecule has 0 aliphatic carbocycles. The van der Waals surface area contributed by atoms with Gasteiger partial charge >= 0.3 is 0 Å². The van der Waals surface area contributed by atoms with Crippen LogP contribution in [0.3, 0.4) is 0 Å². The number of benzene rings is 1. The van der Waals surface area contributed by atoms with Crippen molar-refractivity contribution in [1.82, 2.24) is 19.8 Å². The summed E-state index contributed by atoms with van der Waals surface area (Å²) in [5.74, 6) is 0.513. The number of rotatable bonds is 4. The molecular weight excluding hydrogens is 314 g/mol. The Labute approximate surface area is 148 Å². The monoisotopic (exact) mass is 339 g/mol. The average Bonchev–Trinajstić information content (AvgIpc) is 2.65. The van der Waals surface area contributed by atoms with Crippen molar-refractivity contribution in [3.8, 4) is 0 Å². The molecule has 1 fully saturated rings. The molecule has 0 radical (unpaired) electrons. The van der Waals surface area contributed by atoms with Gasteiger partial charge in [-0.05, 0) is 31.5 Å². The summed E-state index contributed by atoms with van der Waals surface area (Å²) < 4.78 is 0. The van der Waals surface area contributed by atoms with Crippen LogP contribution in [0.15, 0.2) is 30.6 Å². The first-order chi connectivity index (χ1) is 12.1. The predicted molar refractivity (Wildman–Crippen MR) is 99.2 cm³/mol. The molecule has 0 bridgehead atoms. The zero-order valence-corrected chi connectivity index (χ0v) is 15.1. The van der Waals surface area contributed by atoms with Crippen LogP contribution in [0.25, 0.3) is 0 Å². The summed E-state index contributed by atoms with van der Waals surface area (Å²) in [6.07, 6.45) is 3.22. The summed E-state index contributed by atoms with van der Waals surface area (Å²) in [5, 5.41) is 3.25. The molecule has 1 saturated heterocycles. The van der Waals surface area contributed by atoms with Crippen molar-refractivity contribution in [1.29, 1.82) is 0 Å². The maximum Gasteiger partial charge on any atom is 0.257 e. The number of carbonyl (C=O) groups is 1. The largest absolute Gasteiger partial charge is 0.336 e. The van der Waals surface area contributed by atoms with Gasteiger partial charge in [0.15, 0.2) is 0 Å². The lowest BCUT2D eigenvalue weighted by Crippen LogP contribution is -2.48. The molecule has 1 amide bonds. The van der Waals surface area contributed by atoms with E-state index < -0.39 is 0 Å². The summed E-state index contributed by atoms with van der Waals surface area (Å²) >= 11 is 0. The molecule has 0 saturated carbocycles. The van der Waals surface area contributed by atoms with Crippen LogP contribution in [0.4, 0.5) is 11.6 Å². The Kier molecular flexibility index (Phi) is 5.28. The third-order valence-electron chi connectivity index (χ3n) is 4.72. The lowest BCUT2D eigenvalue weighted by molar-refractivity contribution is 0.0642. The second-order valence-corrected chi connectivity index (χ2v) is 6.41. The van der Waals surface area contributed by atoms with Crippen LogP contribution in [0.1, 0.15) is 28.4 Å². The second-order valence-electron chi connectivity index (χ2n) is 6.41. The number of hydrogen-bond donors (Lipinski definition) is 1. The van der Waals surface area contributed by atoms with E-state index in [1.165, 1.54) is 0 Å². The van der Waals surface area contributed by atoms with E-state index >= 15 is 0 Å². The van der Waals surface area contributed by atoms with E-state index in [4.69, 9.17) is 0 Å². The van der Waals surface area contributed by atoms with Gasteiger partial charge in [-0.2, -0.15) is 0 Å². The Morgan fingerprint density at radius 2 is 1.68 bits per heavy atom. The molecule has 1 aliphatic rings. The normalized spacial score (nSPS) is 15.2. The molecular formula is C19H25N5O. The van der Waals surface area contributed by atoms with Crippen LogP contribution in [0, 0.1) is 13.8 Å². The Bertz CT molecular complexity index is 716. The minimum absolute atomic E-state index is 0.00868. The van der Waals surface area contributed by atoms with Gasteiger partial charge in [-0.15, -0.1) is 0 Å². The number of aryl methyl sites for hydroxylation is 2. The highest BCUT2D eigenvalue weighted by molar-refractivity contribution is 5.93. The lowest BCUT2D eigenvalue weighted by Gasteiger charge is -2.33. The van der Waals surface area contributed by atoms with Gasteiger partial charge in [0.2, 0.25) is 5.95 Å². The number of anilines is 2. The Balaban J connectivity index is 1.67. The molecule has 2 aromatic rings. The average molecular weight is 339 g/mol. The zero-order chi connectivity index (χ0) is 17.8. The first-order valence-corrected chi connectivity index (χ1v) is 8.75. The van der Waals surface area contributed by atoms with Crippen LogP contribution in [-0.2, 0) is 0 Å². The number of carbonyl (C=O) groups excluding carboxylic acids is 1. The van der Waals surface area contributed by atoms with Crippen molar-refractivity contribution in [2.45, 2.75) is 20.8 Å². The van der Waals surface area contributed by atoms with Crippen LogP contribution in [0.2, 0.25) is 0 Å². The molecule has 6 heteroatoms. The number of nitrogens with zero attached hydrogens (tertiary/aromatic N) is 4. The molecule has 25 heavy (non-hydrogen) atoms. The molecule has 1 aromatic carbocycles. The number of amides is 1. The number of hydrogen-bond acceptors (Lipinski definition) is 5. The van der Waals surface area contributed by atoms with Crippen molar-refractivity contribution in [3.63, 3.8) is 0 Å². The van der Waals surface area contributed by atoms with Crippen molar-refractivity contribution in [2.75, 3.05) is 38.0 Å². The van der Waals surface area contributed by atoms with Crippen LogP contribution >= 0.6 is 0 Å². The third-order valence-corrected chi connectivity index (χ3v) is 4.72. The van der Waals surface area contributed by atoms with Gasteiger partial charge in [0.1, 0.15) is 0 Å². The van der Waals surface area contributed by atoms with Crippen LogP contribution in [-0.4, -0.2) is 58.4 Å². The van der Waals surface area contributed by atoms with Gasteiger partial charge in [-0.1, -0.05) is 25.1 Å². The third kappa shape index (κ3) is 3.96. The van der Waals surface area contributed by atoms with Gasteiger partial charge in [0.05, 0.1) is 5.56 Å². The Morgan fingerprint density at radius 3 is 2.24 bits per heavy atom. The summed E-state index contributed by atoms with van der Waals surface area (Å²) in [6.45, 7) is 10.6. The topological polar surface area (TPSA) is 61.4 Å². The summed E-state index contributed by atoms with van der Waals surface area (Å²) in [5.41, 5.74) is 3.82. The van der Waals surface area contributed by atoms with Crippen molar-refractivity contribution >= 4 is 17.5 Å². The lowest BCUT2D eigenvalue weighted by atomic mass is 10.1. The first kappa shape index (κ1) is 17.4. The summed E-state index contributed by atoms with van der Waals surface area (Å²) in [6, 6.07) is 6.11. The molecule has 1 aliphatic heterocycles. The number of aromatic nitrogens is 2. The maximum absolute atomic E-state index is 12.6. The molecule has 132 valence electrons. The summed E-state index contributed by atoms with van der Waals surface area (Å²) in [7, 11) is 0. The van der Waals surface area contributed by atoms with Crippen molar-refractivity contribution in [2.24, 2.45) is 0 Å². The van der Waals surface area contributed by atoms with Gasteiger partial charge in [-0.25, -0.2) is 9.97 Å². The fraction of sp³-hybridized carbons (Fsp3) is 0.421. The summed E-state index contributed by atoms with van der Waals surface area (Å²) in [4.78, 5) is 25.4. The van der Waals surface area contributed by atoms with E-state index in [0.717, 1.165) is 49.5 Å². The zero-order valence-electron chi connectivity index (χ0n) is 15.1. The van der Waals surface area contributed by atoms with Crippen molar-refractivity contribution in [3.05, 3.63) is 47.3 Å². The van der Waals surface area contributed by atoms with Crippen molar-refractivity contribution < 1.29 is 4.79 Å². The van der Waals surface area contributed by atoms with Crippen LogP contribution in [0.5, 0.6) is 0 Å². The molecule has 0 unspecified atom stereocenters. The standard InChI is InChI=1S/C19H25N5O/c1-4-23-8-10-24(11-9-23)18(25)16-12-20-19(21-13-16)22-17-14(2)6-5-7-15(17)3/h5-7,12-13H,4,8-11H2,1-3H3,(H,20,21,22). The minimum Gasteiger partial charge on any atom is -0.336 e. The molecule has 0 atom stereocenters. The minimum atomic E-state index is 0.00868. The number of piperazine rings is 1. The number of para-hydroxylation sites is 1. The van der Waals surface area contributed by atoms with E-state index in [1.54, 1.807) is 12.4 Å². The smallest absolute Gasteiger partial charge is 0.257 e. The highest BCUT2D eigenvalue weighted by Crippen LogP contribution is 2.22. The first-order valence-electron chi connectivity index (χ1n) is 8.75. The quantitative estimate of drug-likeness (QED) is 0.928. The highest BCUT2D eigenvalue weighted by Gasteiger charge is 2.21. The van der Waals surface area contributed by atoms with Gasteiger partial charge in [0, 0.05) is 44.3 Å². The number of nitrogens with one attached hydrogen (secondary N) is 1. The molecule has 0 spiro atoms. The molecule has 1 aromatic heterocycles. The Morgan fingerprint density at radius 1 is 1.08 bits per heavy atom. The van der Waals surface area contributed by atoms with E-state index in [0.29, 0.717) is 11.5 Å². The second kappa shape index (κ2) is 7.61. The highest BCUT2D eigenvalue weighted by atomic mass is 16.2. The van der Waals surface area contributed by atoms with Crippen LogP contribution < -0.4 is 5.32 Å². The maximum atomic E-state index is 12.6. The SMILES string of the molecule is CCN1CCN(C(=O)c2cnc(Nc3c(C)cccc3C)nc2)CC1. The molecule has 1 N–H and O–H groups in total. The Hall–Kier alpha value is -2.47. The predicted octanol–water partition coefficient (Wildman–Crippen LogP) is 2.61. The van der Waals surface area contributed by atoms with E-state index in [9.17, 15) is 4.79 Å². The van der Waals surface area contributed by atoms with Gasteiger partial charge in [0.25, 0.3) is 5.91 Å². The van der Waals surface area contributed by atoms with Gasteiger partial charge < -0.3 is 15.1 Å². The van der Waals surface area contributed by atoms with E-state index in [1.807, 2.05) is 36.9 Å². The van der Waals surface area contributed by atoms with Gasteiger partial charge in [-0.3, -0.25) is 4.79 Å². The molecule has 3 rings (SSSR count). The molecule has 6 nitrogen and oxygen atoms in total. The molecule has 2 heterocycles. The fourth-order valence-corrected chi connectivity index (χ4v) is 3.08. The van der Waals surface area contributed by atoms with E-state index in [2.05, 4.69) is 27.1 Å². The number of likely N-dealkylation sites (N-methyl/N-ethyl adjacent to an activating group) is 1.